The second-order valence-electron chi connectivity index (χ2n) is 7.13. The van der Waals surface area contributed by atoms with Gasteiger partial charge in [0.2, 0.25) is 5.91 Å². The van der Waals surface area contributed by atoms with Gasteiger partial charge in [0.15, 0.2) is 11.8 Å². The summed E-state index contributed by atoms with van der Waals surface area (Å²) in [7, 11) is 1.75. The fraction of sp³-hybridized carbons (Fsp3) is 0.273. The van der Waals surface area contributed by atoms with Gasteiger partial charge in [-0.05, 0) is 35.7 Å². The standard InChI is InChI=1S/C22H25N7O/c1-23-22(25-14-17-4-2-5-18(12-17)21-26-15-27-28-21)24-13-16-7-9-19(10-8-16)29-11-3-6-20(29)30/h2,4-5,7-10,12,15H,3,6,11,13-14H2,1H3,(H2,23,24,25)(H,26,27,28). The van der Waals surface area contributed by atoms with Crippen molar-refractivity contribution in [2.45, 2.75) is 25.9 Å². The van der Waals surface area contributed by atoms with Crippen molar-refractivity contribution in [1.29, 1.82) is 0 Å². The van der Waals surface area contributed by atoms with Gasteiger partial charge in [0.25, 0.3) is 0 Å². The number of H-pyrrole nitrogens is 1. The number of benzene rings is 2. The second-order valence-corrected chi connectivity index (χ2v) is 7.13. The quantitative estimate of drug-likeness (QED) is 0.434. The lowest BCUT2D eigenvalue weighted by Gasteiger charge is -2.16. The highest BCUT2D eigenvalue weighted by Gasteiger charge is 2.21. The van der Waals surface area contributed by atoms with Crippen LogP contribution in [-0.4, -0.2) is 40.6 Å². The van der Waals surface area contributed by atoms with Gasteiger partial charge in [0.05, 0.1) is 0 Å². The topological polar surface area (TPSA) is 98.3 Å². The first-order valence-electron chi connectivity index (χ1n) is 10.0. The molecule has 2 aromatic carbocycles. The summed E-state index contributed by atoms with van der Waals surface area (Å²) >= 11 is 0. The molecule has 154 valence electrons. The van der Waals surface area contributed by atoms with E-state index in [0.717, 1.165) is 47.1 Å². The molecule has 3 N–H and O–H groups in total. The molecule has 0 atom stereocenters. The number of nitrogens with zero attached hydrogens (tertiary/aromatic N) is 4. The second kappa shape index (κ2) is 9.21. The van der Waals surface area contributed by atoms with Gasteiger partial charge in [-0.1, -0.05) is 30.3 Å². The van der Waals surface area contributed by atoms with Crippen molar-refractivity contribution < 1.29 is 4.79 Å². The van der Waals surface area contributed by atoms with E-state index in [0.29, 0.717) is 19.5 Å². The van der Waals surface area contributed by atoms with E-state index in [1.165, 1.54) is 6.33 Å². The minimum atomic E-state index is 0.206. The lowest BCUT2D eigenvalue weighted by atomic mass is 10.1. The van der Waals surface area contributed by atoms with Gasteiger partial charge < -0.3 is 15.5 Å². The fourth-order valence-corrected chi connectivity index (χ4v) is 3.48. The van der Waals surface area contributed by atoms with E-state index in [1.807, 2.05) is 41.3 Å². The van der Waals surface area contributed by atoms with E-state index in [-0.39, 0.29) is 5.91 Å². The zero-order chi connectivity index (χ0) is 20.8. The highest BCUT2D eigenvalue weighted by molar-refractivity contribution is 5.95. The minimum Gasteiger partial charge on any atom is -0.352 e. The number of guanidine groups is 1. The number of amides is 1. The molecule has 0 saturated carbocycles. The smallest absolute Gasteiger partial charge is 0.227 e. The summed E-state index contributed by atoms with van der Waals surface area (Å²) in [5.74, 6) is 1.68. The van der Waals surface area contributed by atoms with Gasteiger partial charge in [0.1, 0.15) is 6.33 Å². The van der Waals surface area contributed by atoms with Crippen LogP contribution in [0.5, 0.6) is 0 Å². The molecule has 1 fully saturated rings. The Morgan fingerprint density at radius 1 is 1.13 bits per heavy atom. The van der Waals surface area contributed by atoms with Crippen LogP contribution in [0.1, 0.15) is 24.0 Å². The Bertz CT molecular complexity index is 1010. The summed E-state index contributed by atoms with van der Waals surface area (Å²) in [5.41, 5.74) is 4.20. The molecule has 3 aromatic rings. The van der Waals surface area contributed by atoms with Crippen molar-refractivity contribution in [2.24, 2.45) is 4.99 Å². The van der Waals surface area contributed by atoms with E-state index in [4.69, 9.17) is 0 Å². The van der Waals surface area contributed by atoms with E-state index < -0.39 is 0 Å². The van der Waals surface area contributed by atoms with Gasteiger partial charge in [-0.2, -0.15) is 5.10 Å². The average Bonchev–Trinajstić information content (AvgIpc) is 3.47. The van der Waals surface area contributed by atoms with Gasteiger partial charge in [-0.3, -0.25) is 14.9 Å². The number of nitrogens with one attached hydrogen (secondary N) is 3. The zero-order valence-corrected chi connectivity index (χ0v) is 16.9. The third kappa shape index (κ3) is 4.65. The van der Waals surface area contributed by atoms with Gasteiger partial charge >= 0.3 is 0 Å². The normalized spacial score (nSPS) is 14.2. The molecule has 2 heterocycles. The van der Waals surface area contributed by atoms with E-state index in [2.05, 4.69) is 42.9 Å². The Kier molecular flexibility index (Phi) is 6.03. The number of rotatable bonds is 6. The van der Waals surface area contributed by atoms with Crippen LogP contribution >= 0.6 is 0 Å². The molecule has 1 aliphatic rings. The lowest BCUT2D eigenvalue weighted by Crippen LogP contribution is -2.36. The number of hydrogen-bond donors (Lipinski definition) is 3. The summed E-state index contributed by atoms with van der Waals surface area (Å²) in [6.07, 6.45) is 3.08. The van der Waals surface area contributed by atoms with Crippen LogP contribution in [0.4, 0.5) is 5.69 Å². The van der Waals surface area contributed by atoms with Crippen molar-refractivity contribution in [3.05, 3.63) is 66.0 Å². The molecule has 1 saturated heterocycles. The summed E-state index contributed by atoms with van der Waals surface area (Å²) < 4.78 is 0. The highest BCUT2D eigenvalue weighted by Crippen LogP contribution is 2.21. The molecule has 0 spiro atoms. The van der Waals surface area contributed by atoms with Crippen molar-refractivity contribution >= 4 is 17.6 Å². The first-order chi connectivity index (χ1) is 14.7. The van der Waals surface area contributed by atoms with Crippen LogP contribution in [-0.2, 0) is 17.9 Å². The number of aromatic nitrogens is 3. The maximum atomic E-state index is 11.9. The first-order valence-corrected chi connectivity index (χ1v) is 10.0. The van der Waals surface area contributed by atoms with Crippen LogP contribution in [0.3, 0.4) is 0 Å². The van der Waals surface area contributed by atoms with Crippen LogP contribution in [0.2, 0.25) is 0 Å². The minimum absolute atomic E-state index is 0.206. The Morgan fingerprint density at radius 2 is 1.93 bits per heavy atom. The molecule has 8 heteroatoms. The first kappa shape index (κ1) is 19.6. The summed E-state index contributed by atoms with van der Waals surface area (Å²) in [5, 5.41) is 13.4. The van der Waals surface area contributed by atoms with Crippen LogP contribution in [0.25, 0.3) is 11.4 Å². The molecule has 30 heavy (non-hydrogen) atoms. The molecule has 0 bridgehead atoms. The third-order valence-electron chi connectivity index (χ3n) is 5.08. The van der Waals surface area contributed by atoms with Crippen molar-refractivity contribution in [3.63, 3.8) is 0 Å². The Hall–Kier alpha value is -3.68. The Labute approximate surface area is 175 Å². The maximum Gasteiger partial charge on any atom is 0.227 e. The third-order valence-corrected chi connectivity index (χ3v) is 5.08. The fourth-order valence-electron chi connectivity index (χ4n) is 3.48. The Balaban J connectivity index is 1.30. The van der Waals surface area contributed by atoms with E-state index >= 15 is 0 Å². The highest BCUT2D eigenvalue weighted by atomic mass is 16.2. The van der Waals surface area contributed by atoms with Crippen LogP contribution in [0.15, 0.2) is 59.9 Å². The molecule has 0 radical (unpaired) electrons. The largest absolute Gasteiger partial charge is 0.352 e. The van der Waals surface area contributed by atoms with Crippen molar-refractivity contribution in [3.8, 4) is 11.4 Å². The summed E-state index contributed by atoms with van der Waals surface area (Å²) in [6.45, 7) is 2.09. The molecule has 0 aliphatic carbocycles. The summed E-state index contributed by atoms with van der Waals surface area (Å²) in [4.78, 5) is 22.2. The maximum absolute atomic E-state index is 11.9. The monoisotopic (exact) mass is 403 g/mol. The number of carbonyl (C=O) groups is 1. The van der Waals surface area contributed by atoms with Crippen molar-refractivity contribution in [2.75, 3.05) is 18.5 Å². The number of aliphatic imine (C=N–C) groups is 1. The van der Waals surface area contributed by atoms with Crippen LogP contribution in [0, 0.1) is 0 Å². The molecular formula is C22H25N7O. The molecule has 0 unspecified atom stereocenters. The van der Waals surface area contributed by atoms with Gasteiger partial charge in [-0.15, -0.1) is 0 Å². The average molecular weight is 403 g/mol. The molecule has 4 rings (SSSR count). The van der Waals surface area contributed by atoms with E-state index in [1.54, 1.807) is 7.05 Å². The molecular weight excluding hydrogens is 378 g/mol. The lowest BCUT2D eigenvalue weighted by molar-refractivity contribution is -0.117. The van der Waals surface area contributed by atoms with Crippen LogP contribution < -0.4 is 15.5 Å². The molecule has 1 aliphatic heterocycles. The molecule has 8 nitrogen and oxygen atoms in total. The van der Waals surface area contributed by atoms with Crippen molar-refractivity contribution in [1.82, 2.24) is 25.8 Å². The number of carbonyl (C=O) groups excluding carboxylic acids is 1. The van der Waals surface area contributed by atoms with Gasteiger partial charge in [0, 0.05) is 44.4 Å². The summed E-state index contributed by atoms with van der Waals surface area (Å²) in [6, 6.07) is 16.2. The zero-order valence-electron chi connectivity index (χ0n) is 16.9. The number of anilines is 1. The van der Waals surface area contributed by atoms with Gasteiger partial charge in [-0.25, -0.2) is 4.98 Å². The Morgan fingerprint density at radius 3 is 2.60 bits per heavy atom. The number of aromatic amines is 1. The molecule has 1 amide bonds. The molecule has 1 aromatic heterocycles. The predicted molar refractivity (Wildman–Crippen MR) is 117 cm³/mol. The number of hydrogen-bond acceptors (Lipinski definition) is 4. The van der Waals surface area contributed by atoms with E-state index in [9.17, 15) is 4.79 Å². The SMILES string of the molecule is CN=C(NCc1ccc(N2CCCC2=O)cc1)NCc1cccc(-c2ncn[nH]2)c1. The predicted octanol–water partition coefficient (Wildman–Crippen LogP) is 2.46.